The maximum absolute atomic E-state index is 13.3. The highest BCUT2D eigenvalue weighted by Gasteiger charge is 2.18. The third kappa shape index (κ3) is 4.04. The zero-order chi connectivity index (χ0) is 22.7. The largest absolute Gasteiger partial charge is 0.384 e. The van der Waals surface area contributed by atoms with Crippen LogP contribution in [-0.2, 0) is 10.0 Å². The van der Waals surface area contributed by atoms with E-state index in [2.05, 4.69) is 10.5 Å². The second kappa shape index (κ2) is 8.53. The number of aryl methyl sites for hydroxylation is 1. The topological polar surface area (TPSA) is 101 Å². The molecular weight excluding hydrogens is 420 g/mol. The van der Waals surface area contributed by atoms with Crippen LogP contribution in [0, 0.1) is 18.3 Å². The molecule has 2 N–H and O–H groups in total. The van der Waals surface area contributed by atoms with Crippen molar-refractivity contribution in [3.05, 3.63) is 108 Å². The molecule has 0 saturated heterocycles. The van der Waals surface area contributed by atoms with Crippen LogP contribution in [0.15, 0.2) is 100 Å². The van der Waals surface area contributed by atoms with Gasteiger partial charge in [-0.05, 0) is 42.8 Å². The van der Waals surface area contributed by atoms with Gasteiger partial charge in [-0.1, -0.05) is 66.2 Å². The van der Waals surface area contributed by atoms with Crippen molar-refractivity contribution in [1.29, 1.82) is 5.26 Å². The van der Waals surface area contributed by atoms with Crippen LogP contribution < -0.4 is 11.2 Å². The molecule has 0 radical (unpaired) electrons. The van der Waals surface area contributed by atoms with E-state index in [0.29, 0.717) is 16.8 Å². The normalized spacial score (nSPS) is 11.8. The average molecular weight is 441 g/mol. The van der Waals surface area contributed by atoms with E-state index in [1.54, 1.807) is 42.5 Å². The number of hydrogen-bond acceptors (Lipinski definition) is 4. The molecule has 4 aromatic rings. The number of nitrogen functional groups attached to an aromatic ring is 1. The number of para-hydroxylation sites is 1. The third-order valence-electron chi connectivity index (χ3n) is 5.00. The summed E-state index contributed by atoms with van der Waals surface area (Å²) in [7, 11) is -4.06. The predicted octanol–water partition coefficient (Wildman–Crippen LogP) is 4.20. The molecule has 0 aliphatic carbocycles. The summed E-state index contributed by atoms with van der Waals surface area (Å²) < 4.78 is 32.3. The van der Waals surface area contributed by atoms with Crippen molar-refractivity contribution in [1.82, 2.24) is 4.57 Å². The zero-order valence-electron chi connectivity index (χ0n) is 17.3. The lowest BCUT2D eigenvalue weighted by molar-refractivity contribution is 0.596. The minimum absolute atomic E-state index is 0.0738. The van der Waals surface area contributed by atoms with Crippen LogP contribution in [0.25, 0.3) is 16.8 Å². The molecule has 158 valence electrons. The summed E-state index contributed by atoms with van der Waals surface area (Å²) in [6.45, 7) is 1.88. The minimum Gasteiger partial charge on any atom is -0.384 e. The number of nitrogens with zero attached hydrogens (tertiary/aromatic N) is 3. The highest BCUT2D eigenvalue weighted by molar-refractivity contribution is 7.90. The lowest BCUT2D eigenvalue weighted by Gasteiger charge is -2.16. The van der Waals surface area contributed by atoms with E-state index in [-0.39, 0.29) is 21.8 Å². The molecule has 0 aliphatic rings. The first-order valence-electron chi connectivity index (χ1n) is 9.85. The molecule has 6 nitrogen and oxygen atoms in total. The SMILES string of the molecule is Cc1ccc(S(=O)(=O)/N=c2\c(-c3ccccc3)cc(C#N)c(N)n2-c2ccccc2)cc1. The number of anilines is 1. The van der Waals surface area contributed by atoms with E-state index in [0.717, 1.165) is 5.56 Å². The first kappa shape index (κ1) is 21.1. The van der Waals surface area contributed by atoms with Crippen LogP contribution in [0.5, 0.6) is 0 Å². The average Bonchev–Trinajstić information content (AvgIpc) is 2.80. The molecule has 7 heteroatoms. The molecule has 1 aromatic heterocycles. The fourth-order valence-electron chi connectivity index (χ4n) is 3.36. The molecule has 32 heavy (non-hydrogen) atoms. The molecular formula is C25H20N4O2S. The Morgan fingerprint density at radius 3 is 2.09 bits per heavy atom. The molecule has 0 amide bonds. The van der Waals surface area contributed by atoms with E-state index >= 15 is 0 Å². The van der Waals surface area contributed by atoms with Gasteiger partial charge in [0.1, 0.15) is 11.9 Å². The third-order valence-corrected chi connectivity index (χ3v) is 6.28. The molecule has 0 saturated carbocycles. The Bertz CT molecular complexity index is 1480. The number of pyridine rings is 1. The Morgan fingerprint density at radius 1 is 0.906 bits per heavy atom. The van der Waals surface area contributed by atoms with Gasteiger partial charge in [0, 0.05) is 11.3 Å². The van der Waals surface area contributed by atoms with Gasteiger partial charge < -0.3 is 5.73 Å². The maximum Gasteiger partial charge on any atom is 0.284 e. The van der Waals surface area contributed by atoms with E-state index in [1.165, 1.54) is 16.7 Å². The Balaban J connectivity index is 2.14. The van der Waals surface area contributed by atoms with E-state index in [1.807, 2.05) is 43.3 Å². The Hall–Kier alpha value is -4.15. The van der Waals surface area contributed by atoms with Crippen molar-refractivity contribution in [2.24, 2.45) is 4.40 Å². The lowest BCUT2D eigenvalue weighted by Crippen LogP contribution is -2.27. The predicted molar refractivity (Wildman–Crippen MR) is 124 cm³/mol. The van der Waals surface area contributed by atoms with E-state index < -0.39 is 10.0 Å². The number of nitrogens with two attached hydrogens (primary N) is 1. The molecule has 0 fully saturated rings. The number of benzene rings is 3. The van der Waals surface area contributed by atoms with Crippen molar-refractivity contribution in [2.45, 2.75) is 11.8 Å². The Morgan fingerprint density at radius 2 is 1.50 bits per heavy atom. The van der Waals surface area contributed by atoms with Crippen LogP contribution in [-0.4, -0.2) is 13.0 Å². The molecule has 0 bridgehead atoms. The first-order valence-corrected chi connectivity index (χ1v) is 11.3. The molecule has 0 unspecified atom stereocenters. The molecule has 0 aliphatic heterocycles. The highest BCUT2D eigenvalue weighted by Crippen LogP contribution is 2.23. The monoisotopic (exact) mass is 440 g/mol. The summed E-state index contributed by atoms with van der Waals surface area (Å²) in [5.74, 6) is 0.108. The number of rotatable bonds is 4. The van der Waals surface area contributed by atoms with Crippen molar-refractivity contribution < 1.29 is 8.42 Å². The van der Waals surface area contributed by atoms with Crippen molar-refractivity contribution in [3.8, 4) is 22.9 Å². The summed E-state index contributed by atoms with van der Waals surface area (Å²) in [6.07, 6.45) is 0. The van der Waals surface area contributed by atoms with E-state index in [4.69, 9.17) is 5.73 Å². The van der Waals surface area contributed by atoms with Gasteiger partial charge in [-0.3, -0.25) is 4.57 Å². The fraction of sp³-hybridized carbons (Fsp3) is 0.0400. The lowest BCUT2D eigenvalue weighted by atomic mass is 10.0. The molecule has 0 atom stereocenters. The summed E-state index contributed by atoms with van der Waals surface area (Å²) >= 11 is 0. The standard InChI is InChI=1S/C25H20N4O2S/c1-18-12-14-22(15-13-18)32(30,31)28-25-23(19-8-4-2-5-9-19)16-20(17-26)24(27)29(25)21-10-6-3-7-11-21/h2-16H,27H2,1H3/b28-25+. The van der Waals surface area contributed by atoms with Gasteiger partial charge in [-0.25, -0.2) is 0 Å². The fourth-order valence-corrected chi connectivity index (χ4v) is 4.36. The van der Waals surface area contributed by atoms with Crippen LogP contribution in [0.3, 0.4) is 0 Å². The summed E-state index contributed by atoms with van der Waals surface area (Å²) in [4.78, 5) is 0.0738. The molecule has 1 heterocycles. The van der Waals surface area contributed by atoms with Crippen LogP contribution in [0.1, 0.15) is 11.1 Å². The highest BCUT2D eigenvalue weighted by atomic mass is 32.2. The second-order valence-electron chi connectivity index (χ2n) is 7.21. The number of aromatic nitrogens is 1. The van der Waals surface area contributed by atoms with Crippen molar-refractivity contribution in [2.75, 3.05) is 5.73 Å². The van der Waals surface area contributed by atoms with Crippen molar-refractivity contribution >= 4 is 15.8 Å². The maximum atomic E-state index is 13.3. The molecule has 3 aromatic carbocycles. The van der Waals surface area contributed by atoms with Gasteiger partial charge in [0.2, 0.25) is 0 Å². The number of hydrogen-bond donors (Lipinski definition) is 1. The number of sulfonamides is 1. The Labute approximate surface area is 186 Å². The second-order valence-corrected chi connectivity index (χ2v) is 8.81. The van der Waals surface area contributed by atoms with E-state index in [9.17, 15) is 13.7 Å². The quantitative estimate of drug-likeness (QED) is 0.514. The smallest absolute Gasteiger partial charge is 0.284 e. The van der Waals surface area contributed by atoms with Crippen LogP contribution >= 0.6 is 0 Å². The Kier molecular flexibility index (Phi) is 5.63. The number of nitriles is 1. The zero-order valence-corrected chi connectivity index (χ0v) is 18.1. The van der Waals surface area contributed by atoms with Gasteiger partial charge in [0.15, 0.2) is 5.49 Å². The van der Waals surface area contributed by atoms with Crippen LogP contribution in [0.4, 0.5) is 5.82 Å². The summed E-state index contributed by atoms with van der Waals surface area (Å²) in [5, 5.41) is 9.70. The van der Waals surface area contributed by atoms with Gasteiger partial charge in [0.25, 0.3) is 10.0 Å². The minimum atomic E-state index is -4.06. The van der Waals surface area contributed by atoms with Gasteiger partial charge in [-0.2, -0.15) is 13.7 Å². The van der Waals surface area contributed by atoms with Gasteiger partial charge in [-0.15, -0.1) is 4.40 Å². The van der Waals surface area contributed by atoms with Gasteiger partial charge >= 0.3 is 0 Å². The molecule has 4 rings (SSSR count). The molecule has 0 spiro atoms. The first-order chi connectivity index (χ1) is 15.4. The van der Waals surface area contributed by atoms with Crippen molar-refractivity contribution in [3.63, 3.8) is 0 Å². The van der Waals surface area contributed by atoms with Crippen LogP contribution in [0.2, 0.25) is 0 Å². The summed E-state index contributed by atoms with van der Waals surface area (Å²) in [6, 6.07) is 28.4. The van der Waals surface area contributed by atoms with Gasteiger partial charge in [0.05, 0.1) is 10.5 Å². The summed E-state index contributed by atoms with van der Waals surface area (Å²) in [5.41, 5.74) is 9.41.